The molecular formula is C14H13N3O4. The van der Waals surface area contributed by atoms with Gasteiger partial charge in [-0.2, -0.15) is 0 Å². The summed E-state index contributed by atoms with van der Waals surface area (Å²) in [6.07, 6.45) is 1.70. The van der Waals surface area contributed by atoms with Crippen LogP contribution in [0.5, 0.6) is 0 Å². The SMILES string of the molecule is O=C(O)CC1CN(c2ccnc3c([N+](=O)[O-])cccc23)C1. The van der Waals surface area contributed by atoms with E-state index < -0.39 is 10.9 Å². The predicted molar refractivity (Wildman–Crippen MR) is 76.4 cm³/mol. The van der Waals surface area contributed by atoms with Gasteiger partial charge in [0, 0.05) is 42.3 Å². The minimum absolute atomic E-state index is 0.0167. The van der Waals surface area contributed by atoms with E-state index in [0.717, 1.165) is 11.1 Å². The minimum atomic E-state index is -0.796. The fraction of sp³-hybridized carbons (Fsp3) is 0.286. The highest BCUT2D eigenvalue weighted by Crippen LogP contribution is 2.34. The molecule has 0 bridgehead atoms. The average molecular weight is 287 g/mol. The summed E-state index contributed by atoms with van der Waals surface area (Å²) in [7, 11) is 0. The van der Waals surface area contributed by atoms with Crippen LogP contribution in [0, 0.1) is 16.0 Å². The number of nitro benzene ring substituents is 1. The molecule has 7 heteroatoms. The van der Waals surface area contributed by atoms with Gasteiger partial charge in [-0.1, -0.05) is 12.1 Å². The summed E-state index contributed by atoms with van der Waals surface area (Å²) in [4.78, 5) is 27.4. The van der Waals surface area contributed by atoms with Gasteiger partial charge >= 0.3 is 5.97 Å². The number of pyridine rings is 1. The number of aromatic nitrogens is 1. The molecule has 1 aromatic carbocycles. The molecule has 0 atom stereocenters. The predicted octanol–water partition coefficient (Wildman–Crippen LogP) is 2.05. The molecule has 0 radical (unpaired) electrons. The van der Waals surface area contributed by atoms with E-state index in [-0.39, 0.29) is 18.0 Å². The van der Waals surface area contributed by atoms with Crippen LogP contribution in [0.2, 0.25) is 0 Å². The number of nitrogens with zero attached hydrogens (tertiary/aromatic N) is 3. The van der Waals surface area contributed by atoms with E-state index in [1.165, 1.54) is 6.07 Å². The third-order valence-corrected chi connectivity index (χ3v) is 3.68. The van der Waals surface area contributed by atoms with Crippen molar-refractivity contribution in [3.05, 3.63) is 40.6 Å². The van der Waals surface area contributed by atoms with E-state index >= 15 is 0 Å². The van der Waals surface area contributed by atoms with Crippen LogP contribution in [-0.4, -0.2) is 34.1 Å². The molecule has 0 spiro atoms. The number of carbonyl (C=O) groups is 1. The molecule has 0 saturated carbocycles. The van der Waals surface area contributed by atoms with Crippen LogP contribution in [-0.2, 0) is 4.79 Å². The zero-order chi connectivity index (χ0) is 15.0. The molecule has 1 fully saturated rings. The first kappa shape index (κ1) is 13.3. The molecule has 1 aliphatic heterocycles. The van der Waals surface area contributed by atoms with Crippen LogP contribution >= 0.6 is 0 Å². The molecule has 108 valence electrons. The van der Waals surface area contributed by atoms with Crippen LogP contribution in [0.1, 0.15) is 6.42 Å². The standard InChI is InChI=1S/C14H13N3O4/c18-13(19)6-9-7-16(8-9)11-4-5-15-14-10(11)2-1-3-12(14)17(20)21/h1-5,9H,6-8H2,(H,18,19). The maximum absolute atomic E-state index is 11.0. The van der Waals surface area contributed by atoms with Gasteiger partial charge in [-0.05, 0) is 6.07 Å². The molecule has 0 amide bonds. The smallest absolute Gasteiger partial charge is 0.303 e. The first-order chi connectivity index (χ1) is 10.1. The lowest BCUT2D eigenvalue weighted by molar-refractivity contribution is -0.383. The van der Waals surface area contributed by atoms with E-state index in [4.69, 9.17) is 5.11 Å². The maximum atomic E-state index is 11.0. The first-order valence-corrected chi connectivity index (χ1v) is 6.55. The van der Waals surface area contributed by atoms with Gasteiger partial charge in [0.2, 0.25) is 0 Å². The Morgan fingerprint density at radius 1 is 1.43 bits per heavy atom. The Hall–Kier alpha value is -2.70. The van der Waals surface area contributed by atoms with Crippen molar-refractivity contribution in [1.82, 2.24) is 4.98 Å². The van der Waals surface area contributed by atoms with Crippen LogP contribution in [0.4, 0.5) is 11.4 Å². The van der Waals surface area contributed by atoms with Gasteiger partial charge in [-0.3, -0.25) is 14.9 Å². The fourth-order valence-electron chi connectivity index (χ4n) is 2.71. The van der Waals surface area contributed by atoms with Crippen molar-refractivity contribution in [3.63, 3.8) is 0 Å². The summed E-state index contributed by atoms with van der Waals surface area (Å²) in [6.45, 7) is 1.29. The highest BCUT2D eigenvalue weighted by atomic mass is 16.6. The Labute approximate surface area is 120 Å². The molecule has 0 unspecified atom stereocenters. The lowest BCUT2D eigenvalue weighted by Crippen LogP contribution is -2.47. The zero-order valence-corrected chi connectivity index (χ0v) is 11.1. The van der Waals surface area contributed by atoms with Gasteiger partial charge < -0.3 is 10.0 Å². The molecule has 7 nitrogen and oxygen atoms in total. The monoisotopic (exact) mass is 287 g/mol. The van der Waals surface area contributed by atoms with Crippen LogP contribution in [0.25, 0.3) is 10.9 Å². The molecule has 2 heterocycles. The normalized spacial score (nSPS) is 15.0. The lowest BCUT2D eigenvalue weighted by Gasteiger charge is -2.40. The highest BCUT2D eigenvalue weighted by Gasteiger charge is 2.30. The molecule has 1 N–H and O–H groups in total. The van der Waals surface area contributed by atoms with E-state index in [2.05, 4.69) is 4.98 Å². The Bertz CT molecular complexity index is 725. The van der Waals surface area contributed by atoms with Crippen LogP contribution in [0.3, 0.4) is 0 Å². The molecule has 3 rings (SSSR count). The Kier molecular flexibility index (Phi) is 3.17. The van der Waals surface area contributed by atoms with Crippen molar-refractivity contribution in [2.45, 2.75) is 6.42 Å². The Balaban J connectivity index is 1.93. The van der Waals surface area contributed by atoms with Crippen molar-refractivity contribution < 1.29 is 14.8 Å². The maximum Gasteiger partial charge on any atom is 0.303 e. The molecule has 0 aliphatic carbocycles. The van der Waals surface area contributed by atoms with Gasteiger partial charge in [0.25, 0.3) is 5.69 Å². The largest absolute Gasteiger partial charge is 0.481 e. The van der Waals surface area contributed by atoms with Crippen molar-refractivity contribution in [2.75, 3.05) is 18.0 Å². The second-order valence-electron chi connectivity index (χ2n) is 5.13. The van der Waals surface area contributed by atoms with Crippen molar-refractivity contribution in [1.29, 1.82) is 0 Å². The number of hydrogen-bond acceptors (Lipinski definition) is 5. The van der Waals surface area contributed by atoms with Gasteiger partial charge in [0.05, 0.1) is 11.3 Å². The highest BCUT2D eigenvalue weighted by molar-refractivity contribution is 5.97. The summed E-state index contributed by atoms with van der Waals surface area (Å²) >= 11 is 0. The van der Waals surface area contributed by atoms with Crippen molar-refractivity contribution in [3.8, 4) is 0 Å². The number of anilines is 1. The van der Waals surface area contributed by atoms with E-state index in [1.54, 1.807) is 18.3 Å². The summed E-state index contributed by atoms with van der Waals surface area (Å²) in [5, 5.41) is 20.5. The fourth-order valence-corrected chi connectivity index (χ4v) is 2.71. The van der Waals surface area contributed by atoms with Crippen molar-refractivity contribution in [2.24, 2.45) is 5.92 Å². The zero-order valence-electron chi connectivity index (χ0n) is 11.1. The average Bonchev–Trinajstić information content (AvgIpc) is 2.41. The van der Waals surface area contributed by atoms with Gasteiger partial charge in [-0.25, -0.2) is 4.98 Å². The number of carboxylic acids is 1. The van der Waals surface area contributed by atoms with Gasteiger partial charge in [0.15, 0.2) is 0 Å². The summed E-state index contributed by atoms with van der Waals surface area (Å²) in [5.74, 6) is -0.667. The molecule has 1 aromatic heterocycles. The number of benzene rings is 1. The summed E-state index contributed by atoms with van der Waals surface area (Å²) in [5.41, 5.74) is 1.21. The van der Waals surface area contributed by atoms with Crippen molar-refractivity contribution >= 4 is 28.2 Å². The lowest BCUT2D eigenvalue weighted by atomic mass is 9.95. The van der Waals surface area contributed by atoms with Crippen LogP contribution in [0.15, 0.2) is 30.5 Å². The quantitative estimate of drug-likeness (QED) is 0.683. The number of non-ortho nitro benzene ring substituents is 1. The third-order valence-electron chi connectivity index (χ3n) is 3.68. The summed E-state index contributed by atoms with van der Waals surface area (Å²) < 4.78 is 0. The Morgan fingerprint density at radius 2 is 2.19 bits per heavy atom. The number of hydrogen-bond donors (Lipinski definition) is 1. The number of fused-ring (bicyclic) bond motifs is 1. The second-order valence-corrected chi connectivity index (χ2v) is 5.13. The number of rotatable bonds is 4. The summed E-state index contributed by atoms with van der Waals surface area (Å²) in [6, 6.07) is 6.68. The number of carboxylic acid groups (broad SMARTS) is 1. The number of aliphatic carboxylic acids is 1. The van der Waals surface area contributed by atoms with E-state index in [1.807, 2.05) is 11.0 Å². The molecule has 1 aliphatic rings. The van der Waals surface area contributed by atoms with E-state index in [0.29, 0.717) is 18.6 Å². The Morgan fingerprint density at radius 3 is 2.86 bits per heavy atom. The molecule has 1 saturated heterocycles. The number of nitro groups is 1. The second kappa shape index (κ2) is 5.01. The van der Waals surface area contributed by atoms with Gasteiger partial charge in [0.1, 0.15) is 5.52 Å². The molecule has 2 aromatic rings. The minimum Gasteiger partial charge on any atom is -0.481 e. The number of para-hydroxylation sites is 1. The molecule has 21 heavy (non-hydrogen) atoms. The van der Waals surface area contributed by atoms with E-state index in [9.17, 15) is 14.9 Å². The van der Waals surface area contributed by atoms with Crippen LogP contribution < -0.4 is 4.90 Å². The molecular weight excluding hydrogens is 274 g/mol. The third kappa shape index (κ3) is 2.37. The first-order valence-electron chi connectivity index (χ1n) is 6.55. The van der Waals surface area contributed by atoms with Gasteiger partial charge in [-0.15, -0.1) is 0 Å². The topological polar surface area (TPSA) is 96.6 Å².